The summed E-state index contributed by atoms with van der Waals surface area (Å²) < 4.78 is 31.0. The summed E-state index contributed by atoms with van der Waals surface area (Å²) in [6, 6.07) is 9.18. The predicted octanol–water partition coefficient (Wildman–Crippen LogP) is 3.69. The molecule has 0 amide bonds. The molecule has 1 aromatic carbocycles. The van der Waals surface area contributed by atoms with Crippen LogP contribution >= 0.6 is 11.6 Å². The second-order valence-corrected chi connectivity index (χ2v) is 12.7. The molecule has 1 fully saturated rings. The number of aliphatic hydroxyl groups is 1. The molecule has 0 unspecified atom stereocenters. The Bertz CT molecular complexity index is 1620. The van der Waals surface area contributed by atoms with Crippen LogP contribution in [0.2, 0.25) is 5.02 Å². The maximum Gasteiger partial charge on any atom is 0.218 e. The van der Waals surface area contributed by atoms with Gasteiger partial charge >= 0.3 is 0 Å². The minimum atomic E-state index is -2.97. The van der Waals surface area contributed by atoms with Gasteiger partial charge in [-0.05, 0) is 62.8 Å². The Morgan fingerprint density at radius 1 is 1.16 bits per heavy atom. The molecule has 4 heterocycles. The Hall–Kier alpha value is -3.08. The molecule has 0 radical (unpaired) electrons. The van der Waals surface area contributed by atoms with Crippen LogP contribution in [0.25, 0.3) is 10.9 Å². The fourth-order valence-electron chi connectivity index (χ4n) is 5.37. The third-order valence-corrected chi connectivity index (χ3v) is 9.60. The van der Waals surface area contributed by atoms with E-state index in [4.69, 9.17) is 21.3 Å². The number of rotatable bonds is 6. The third-order valence-electron chi connectivity index (χ3n) is 7.46. The Morgan fingerprint density at radius 2 is 1.89 bits per heavy atom. The van der Waals surface area contributed by atoms with E-state index in [1.165, 1.54) is 0 Å². The number of pyridine rings is 2. The van der Waals surface area contributed by atoms with E-state index in [2.05, 4.69) is 15.3 Å². The summed E-state index contributed by atoms with van der Waals surface area (Å²) in [5.74, 6) is 0.941. The maximum absolute atomic E-state index is 12.4. The Balaban J connectivity index is 1.66. The van der Waals surface area contributed by atoms with E-state index in [0.29, 0.717) is 63.6 Å². The highest BCUT2D eigenvalue weighted by molar-refractivity contribution is 7.91. The lowest BCUT2D eigenvalue weighted by molar-refractivity contribution is 0.115. The van der Waals surface area contributed by atoms with Crippen LogP contribution in [-0.2, 0) is 28.9 Å². The lowest BCUT2D eigenvalue weighted by Crippen LogP contribution is -2.32. The van der Waals surface area contributed by atoms with E-state index in [1.54, 1.807) is 25.0 Å². The summed E-state index contributed by atoms with van der Waals surface area (Å²) in [5, 5.41) is 21.6. The summed E-state index contributed by atoms with van der Waals surface area (Å²) in [6.45, 7) is 3.76. The molecule has 1 aliphatic heterocycles. The van der Waals surface area contributed by atoms with Gasteiger partial charge in [-0.15, -0.1) is 5.10 Å². The molecular weight excluding hydrogens is 526 g/mol. The minimum Gasteiger partial charge on any atom is -0.481 e. The molecule has 4 aromatic rings. The molecule has 1 N–H and O–H groups in total. The molecule has 1 saturated heterocycles. The highest BCUT2D eigenvalue weighted by Crippen LogP contribution is 2.41. The number of sulfone groups is 1. The topological polar surface area (TPSA) is 120 Å². The number of ether oxygens (including phenoxy) is 1. The van der Waals surface area contributed by atoms with Gasteiger partial charge in [0.05, 0.1) is 41.0 Å². The summed E-state index contributed by atoms with van der Waals surface area (Å²) in [7, 11) is 0.307. The molecule has 11 heteroatoms. The van der Waals surface area contributed by atoms with Crippen LogP contribution in [0.1, 0.15) is 46.6 Å². The van der Waals surface area contributed by atoms with Crippen LogP contribution in [0.15, 0.2) is 36.5 Å². The smallest absolute Gasteiger partial charge is 0.218 e. The van der Waals surface area contributed by atoms with Crippen LogP contribution in [0.5, 0.6) is 5.88 Å². The van der Waals surface area contributed by atoms with Crippen molar-refractivity contribution in [1.82, 2.24) is 25.0 Å². The number of fused-ring (bicyclic) bond motifs is 1. The van der Waals surface area contributed by atoms with Crippen molar-refractivity contribution in [3.05, 3.63) is 75.3 Å². The second kappa shape index (κ2) is 9.91. The summed E-state index contributed by atoms with van der Waals surface area (Å²) in [4.78, 5) is 9.29. The number of aryl methyl sites for hydroxylation is 3. The Kier molecular flexibility index (Phi) is 6.91. The maximum atomic E-state index is 12.4. The zero-order valence-electron chi connectivity index (χ0n) is 21.8. The zero-order valence-corrected chi connectivity index (χ0v) is 23.3. The largest absolute Gasteiger partial charge is 0.481 e. The van der Waals surface area contributed by atoms with Crippen molar-refractivity contribution in [2.24, 2.45) is 13.0 Å². The van der Waals surface area contributed by atoms with Crippen molar-refractivity contribution >= 4 is 32.3 Å². The predicted molar refractivity (Wildman–Crippen MR) is 145 cm³/mol. The van der Waals surface area contributed by atoms with Crippen molar-refractivity contribution in [3.63, 3.8) is 0 Å². The van der Waals surface area contributed by atoms with Crippen LogP contribution in [-0.4, -0.2) is 57.1 Å². The molecule has 1 aliphatic rings. The van der Waals surface area contributed by atoms with Gasteiger partial charge in [0.2, 0.25) is 5.88 Å². The van der Waals surface area contributed by atoms with Crippen LogP contribution in [0.3, 0.4) is 0 Å². The van der Waals surface area contributed by atoms with Crippen LogP contribution < -0.4 is 4.74 Å². The fourth-order valence-corrected chi connectivity index (χ4v) is 7.27. The van der Waals surface area contributed by atoms with Gasteiger partial charge < -0.3 is 9.84 Å². The monoisotopic (exact) mass is 555 g/mol. The van der Waals surface area contributed by atoms with Crippen molar-refractivity contribution in [2.45, 2.75) is 38.7 Å². The Labute approximate surface area is 226 Å². The number of hydrogen-bond donors (Lipinski definition) is 1. The standard InChI is InChI=1S/C27H30ClN5O4S/c1-16-5-7-22(17(2)30-16)27(34,24-15-29-32-33(24)3)19-6-8-23-20(14-19)25(28)21(26(31-23)37-4)13-18-9-11-38(35,36)12-10-18/h5-8,14-15,18,34H,9-13H2,1-4H3/t27-/m0/s1. The van der Waals surface area contributed by atoms with Crippen molar-refractivity contribution < 1.29 is 18.3 Å². The van der Waals surface area contributed by atoms with Gasteiger partial charge in [-0.2, -0.15) is 0 Å². The van der Waals surface area contributed by atoms with Gasteiger partial charge in [-0.1, -0.05) is 28.9 Å². The number of hydrogen-bond acceptors (Lipinski definition) is 8. The lowest BCUT2D eigenvalue weighted by atomic mass is 9.82. The van der Waals surface area contributed by atoms with Crippen LogP contribution in [0.4, 0.5) is 0 Å². The van der Waals surface area contributed by atoms with E-state index in [9.17, 15) is 13.5 Å². The van der Waals surface area contributed by atoms with Gasteiger partial charge in [-0.3, -0.25) is 4.98 Å². The number of aromatic nitrogens is 5. The van der Waals surface area contributed by atoms with E-state index >= 15 is 0 Å². The number of benzene rings is 1. The van der Waals surface area contributed by atoms with Gasteiger partial charge in [0.1, 0.15) is 9.84 Å². The molecule has 9 nitrogen and oxygen atoms in total. The fraction of sp³-hybridized carbons (Fsp3) is 0.407. The van der Waals surface area contributed by atoms with Gasteiger partial charge in [-0.25, -0.2) is 18.1 Å². The molecular formula is C27H30ClN5O4S. The van der Waals surface area contributed by atoms with Crippen molar-refractivity contribution in [3.8, 4) is 5.88 Å². The molecule has 0 bridgehead atoms. The summed E-state index contributed by atoms with van der Waals surface area (Å²) in [6.07, 6.45) is 3.25. The Morgan fingerprint density at radius 3 is 2.53 bits per heavy atom. The first kappa shape index (κ1) is 26.5. The van der Waals surface area contributed by atoms with E-state index < -0.39 is 15.4 Å². The minimum absolute atomic E-state index is 0.158. The highest BCUT2D eigenvalue weighted by atomic mass is 35.5. The van der Waals surface area contributed by atoms with Gasteiger partial charge in [0.25, 0.3) is 0 Å². The normalized spacial score (nSPS) is 17.4. The molecule has 5 rings (SSSR count). The second-order valence-electron chi connectivity index (χ2n) is 9.98. The van der Waals surface area contributed by atoms with Gasteiger partial charge in [0, 0.05) is 34.9 Å². The summed E-state index contributed by atoms with van der Waals surface area (Å²) >= 11 is 7.01. The first-order valence-electron chi connectivity index (χ1n) is 12.4. The molecule has 200 valence electrons. The molecule has 38 heavy (non-hydrogen) atoms. The van der Waals surface area contributed by atoms with E-state index in [1.807, 2.05) is 44.2 Å². The molecule has 0 spiro atoms. The van der Waals surface area contributed by atoms with Gasteiger partial charge in [0.15, 0.2) is 5.60 Å². The lowest BCUT2D eigenvalue weighted by Gasteiger charge is -2.30. The van der Waals surface area contributed by atoms with Crippen molar-refractivity contribution in [1.29, 1.82) is 0 Å². The van der Waals surface area contributed by atoms with E-state index in [-0.39, 0.29) is 17.4 Å². The zero-order chi connectivity index (χ0) is 27.2. The number of methoxy groups -OCH3 is 1. The number of halogens is 1. The first-order chi connectivity index (χ1) is 18.0. The molecule has 0 saturated carbocycles. The average Bonchev–Trinajstić information content (AvgIpc) is 3.32. The van der Waals surface area contributed by atoms with E-state index in [0.717, 1.165) is 11.3 Å². The average molecular weight is 556 g/mol. The highest BCUT2D eigenvalue weighted by Gasteiger charge is 2.39. The summed E-state index contributed by atoms with van der Waals surface area (Å²) in [5.41, 5.74) is 2.92. The van der Waals surface area contributed by atoms with Crippen molar-refractivity contribution in [2.75, 3.05) is 18.6 Å². The van der Waals surface area contributed by atoms with Crippen LogP contribution in [0, 0.1) is 19.8 Å². The molecule has 1 atom stereocenters. The first-order valence-corrected chi connectivity index (χ1v) is 14.6. The molecule has 0 aliphatic carbocycles. The number of nitrogens with zero attached hydrogens (tertiary/aromatic N) is 5. The SMILES string of the molecule is COc1nc2ccc([C@](O)(c3ccc(C)nc3C)c3cnnn3C)cc2c(Cl)c1CC1CCS(=O)(=O)CC1. The third kappa shape index (κ3) is 4.65. The molecule has 3 aromatic heterocycles. The quantitative estimate of drug-likeness (QED) is 0.382.